The molecule has 64 heavy (non-hydrogen) atoms. The summed E-state index contributed by atoms with van der Waals surface area (Å²) in [5, 5.41) is 0. The summed E-state index contributed by atoms with van der Waals surface area (Å²) >= 11 is 0. The highest BCUT2D eigenvalue weighted by atomic mass is 16.7. The molecule has 0 aromatic carbocycles. The minimum absolute atomic E-state index is 0.0790. The molecule has 0 saturated carbocycles. The molecule has 0 radical (unpaired) electrons. The second-order valence-corrected chi connectivity index (χ2v) is 17.5. The van der Waals surface area contributed by atoms with Gasteiger partial charge in [0, 0.05) is 44.9 Å². The highest BCUT2D eigenvalue weighted by Crippen LogP contribution is 2.21. The van der Waals surface area contributed by atoms with Crippen molar-refractivity contribution in [1.82, 2.24) is 4.90 Å². The van der Waals surface area contributed by atoms with Gasteiger partial charge >= 0.3 is 24.1 Å². The smallest absolute Gasteiger partial charge is 0.466 e. The van der Waals surface area contributed by atoms with Crippen molar-refractivity contribution in [3.63, 3.8) is 0 Å². The molecule has 1 fully saturated rings. The number of unbranched alkanes of at least 4 members (excludes halogenated alkanes) is 9. The Bertz CT molecular complexity index is 1190. The second kappa shape index (κ2) is 42.7. The van der Waals surface area contributed by atoms with Crippen LogP contribution >= 0.6 is 0 Å². The third kappa shape index (κ3) is 35.3. The predicted molar refractivity (Wildman–Crippen MR) is 255 cm³/mol. The van der Waals surface area contributed by atoms with Gasteiger partial charge in [-0.25, -0.2) is 4.79 Å². The lowest BCUT2D eigenvalue weighted by Gasteiger charge is -2.31. The van der Waals surface area contributed by atoms with E-state index in [2.05, 4.69) is 63.8 Å². The first-order valence-electron chi connectivity index (χ1n) is 25.8. The first kappa shape index (κ1) is 59.1. The van der Waals surface area contributed by atoms with Crippen molar-refractivity contribution in [3.05, 3.63) is 24.3 Å². The van der Waals surface area contributed by atoms with Crippen molar-refractivity contribution in [2.24, 2.45) is 17.8 Å². The van der Waals surface area contributed by atoms with Gasteiger partial charge in [0.1, 0.15) is 19.8 Å². The minimum Gasteiger partial charge on any atom is -0.466 e. The number of likely N-dealkylation sites (tertiary alicyclic amines) is 1. The van der Waals surface area contributed by atoms with E-state index in [0.29, 0.717) is 45.0 Å². The van der Waals surface area contributed by atoms with Crippen LogP contribution in [0, 0.1) is 17.8 Å². The molecule has 1 saturated heterocycles. The van der Waals surface area contributed by atoms with E-state index in [1.165, 1.54) is 51.4 Å². The quantitative estimate of drug-likeness (QED) is 0.0190. The van der Waals surface area contributed by atoms with Crippen LogP contribution in [0.15, 0.2) is 24.3 Å². The van der Waals surface area contributed by atoms with E-state index >= 15 is 0 Å². The number of carbonyl (C=O) groups excluding carboxylic acids is 4. The molecule has 0 spiro atoms. The normalized spacial score (nSPS) is 15.4. The Hall–Kier alpha value is -2.96. The average molecular weight is 908 g/mol. The SMILES string of the molecule is CC/C=C\CCCCOC(CCC(=O)OCC(COC(=O)CCCCC(=O)OCCC(CCCC)CCCCCC)COC(=O)OCC1CCCN(CC)C1)OCCCC/C=C\CC. The maximum Gasteiger partial charge on any atom is 0.508 e. The lowest BCUT2D eigenvalue weighted by atomic mass is 9.92. The summed E-state index contributed by atoms with van der Waals surface area (Å²) in [6, 6.07) is 0. The highest BCUT2D eigenvalue weighted by Gasteiger charge is 2.23. The predicted octanol–water partition coefficient (Wildman–Crippen LogP) is 12.3. The Kier molecular flexibility index (Phi) is 39.4. The topological polar surface area (TPSA) is 136 Å². The van der Waals surface area contributed by atoms with E-state index < -0.39 is 30.3 Å². The van der Waals surface area contributed by atoms with Crippen LogP contribution in [0.3, 0.4) is 0 Å². The van der Waals surface area contributed by atoms with Crippen LogP contribution in [-0.4, -0.2) is 101 Å². The Balaban J connectivity index is 2.64. The fourth-order valence-electron chi connectivity index (χ4n) is 7.61. The van der Waals surface area contributed by atoms with Crippen LogP contribution in [0.25, 0.3) is 0 Å². The van der Waals surface area contributed by atoms with Gasteiger partial charge in [-0.1, -0.05) is 110 Å². The zero-order valence-electron chi connectivity index (χ0n) is 41.3. The molecule has 0 aromatic heterocycles. The summed E-state index contributed by atoms with van der Waals surface area (Å²) in [4.78, 5) is 53.2. The number of allylic oxidation sites excluding steroid dienone is 4. The van der Waals surface area contributed by atoms with E-state index in [1.54, 1.807) is 0 Å². The number of hydrogen-bond acceptors (Lipinski definition) is 12. The van der Waals surface area contributed by atoms with Crippen molar-refractivity contribution < 1.29 is 52.3 Å². The summed E-state index contributed by atoms with van der Waals surface area (Å²) < 4.78 is 39.8. The van der Waals surface area contributed by atoms with Gasteiger partial charge < -0.3 is 38.1 Å². The van der Waals surface area contributed by atoms with Gasteiger partial charge in [-0.3, -0.25) is 14.4 Å². The molecule has 12 heteroatoms. The van der Waals surface area contributed by atoms with Crippen LogP contribution in [0.1, 0.15) is 195 Å². The number of esters is 3. The molecule has 372 valence electrons. The first-order valence-corrected chi connectivity index (χ1v) is 25.8. The Morgan fingerprint density at radius 1 is 0.547 bits per heavy atom. The fraction of sp³-hybridized carbons (Fsp3) is 0.846. The zero-order valence-corrected chi connectivity index (χ0v) is 41.3. The van der Waals surface area contributed by atoms with E-state index in [4.69, 9.17) is 33.2 Å². The van der Waals surface area contributed by atoms with Crippen molar-refractivity contribution in [2.45, 2.75) is 201 Å². The number of piperidine rings is 1. The Morgan fingerprint density at radius 3 is 1.75 bits per heavy atom. The summed E-state index contributed by atoms with van der Waals surface area (Å²) in [5.41, 5.74) is 0. The number of hydrogen-bond donors (Lipinski definition) is 0. The summed E-state index contributed by atoms with van der Waals surface area (Å²) in [6.07, 6.45) is 29.8. The third-order valence-electron chi connectivity index (χ3n) is 11.6. The van der Waals surface area contributed by atoms with E-state index in [9.17, 15) is 19.2 Å². The van der Waals surface area contributed by atoms with Gasteiger partial charge in [0.15, 0.2) is 6.29 Å². The summed E-state index contributed by atoms with van der Waals surface area (Å²) in [5.74, 6) is -0.873. The number of carbonyl (C=O) groups is 4. The molecule has 0 bridgehead atoms. The Morgan fingerprint density at radius 2 is 1.14 bits per heavy atom. The largest absolute Gasteiger partial charge is 0.508 e. The van der Waals surface area contributed by atoms with Gasteiger partial charge in [0.25, 0.3) is 0 Å². The highest BCUT2D eigenvalue weighted by molar-refractivity contribution is 5.71. The van der Waals surface area contributed by atoms with E-state index in [0.717, 1.165) is 90.3 Å². The summed E-state index contributed by atoms with van der Waals surface area (Å²) in [6.45, 7) is 15.1. The summed E-state index contributed by atoms with van der Waals surface area (Å²) in [7, 11) is 0. The maximum atomic E-state index is 13.0. The lowest BCUT2D eigenvalue weighted by Crippen LogP contribution is -2.37. The standard InChI is InChI=1S/C52H93NO11/c1-6-11-15-18-20-25-37-59-51(60-38-26-21-19-16-12-7-2)34-33-50(56)62-43-47(44-64-52(57)63-41-46-30-27-36-53(10-5)40-46)42-61-49(55)32-24-23-31-48(54)58-39-35-45(28-14-9-4)29-22-17-13-8-3/h11-12,15-16,45-47,51H,6-10,13-14,17-44H2,1-5H3/b15-11-,16-12-. The molecule has 0 amide bonds. The van der Waals surface area contributed by atoms with Gasteiger partial charge in [0.05, 0.1) is 25.6 Å². The Labute approximate surface area is 389 Å². The molecule has 1 aliphatic heterocycles. The van der Waals surface area contributed by atoms with Crippen molar-refractivity contribution in [1.29, 1.82) is 0 Å². The van der Waals surface area contributed by atoms with Crippen LogP contribution < -0.4 is 0 Å². The molecular weight excluding hydrogens is 815 g/mol. The number of nitrogens with zero attached hydrogens (tertiary/aromatic N) is 1. The van der Waals surface area contributed by atoms with Crippen molar-refractivity contribution in [2.75, 3.05) is 65.9 Å². The van der Waals surface area contributed by atoms with Gasteiger partial charge in [0.2, 0.25) is 0 Å². The molecule has 3 unspecified atom stereocenters. The third-order valence-corrected chi connectivity index (χ3v) is 11.6. The zero-order chi connectivity index (χ0) is 46.7. The van der Waals surface area contributed by atoms with Crippen LogP contribution in [0.2, 0.25) is 0 Å². The molecule has 1 rings (SSSR count). The molecule has 0 aliphatic carbocycles. The number of rotatable bonds is 42. The van der Waals surface area contributed by atoms with Crippen molar-refractivity contribution in [3.8, 4) is 0 Å². The van der Waals surface area contributed by atoms with Crippen molar-refractivity contribution >= 4 is 24.1 Å². The molecule has 1 aliphatic rings. The van der Waals surface area contributed by atoms with Crippen LogP contribution in [0.4, 0.5) is 4.79 Å². The monoisotopic (exact) mass is 908 g/mol. The first-order chi connectivity index (χ1) is 31.2. The van der Waals surface area contributed by atoms with Crippen LogP contribution in [0.5, 0.6) is 0 Å². The maximum absolute atomic E-state index is 13.0. The second-order valence-electron chi connectivity index (χ2n) is 17.5. The molecule has 3 atom stereocenters. The molecule has 0 aromatic rings. The van der Waals surface area contributed by atoms with Gasteiger partial charge in [-0.2, -0.15) is 0 Å². The minimum atomic E-state index is -0.800. The molecule has 12 nitrogen and oxygen atoms in total. The van der Waals surface area contributed by atoms with Gasteiger partial charge in [-0.05, 0) is 102 Å². The number of ether oxygens (including phenoxy) is 7. The molecule has 1 heterocycles. The van der Waals surface area contributed by atoms with E-state index in [1.807, 2.05) is 0 Å². The fourth-order valence-corrected chi connectivity index (χ4v) is 7.61. The van der Waals surface area contributed by atoms with Crippen LogP contribution in [-0.2, 0) is 47.5 Å². The van der Waals surface area contributed by atoms with Gasteiger partial charge in [-0.15, -0.1) is 0 Å². The average Bonchev–Trinajstić information content (AvgIpc) is 3.30. The molecular formula is C52H93NO11. The lowest BCUT2D eigenvalue weighted by molar-refractivity contribution is -0.161. The van der Waals surface area contributed by atoms with E-state index in [-0.39, 0.29) is 57.6 Å². The molecule has 0 N–H and O–H groups in total.